The lowest BCUT2D eigenvalue weighted by Gasteiger charge is -2.14. The van der Waals surface area contributed by atoms with E-state index in [-0.39, 0.29) is 17.7 Å². The van der Waals surface area contributed by atoms with E-state index in [1.807, 2.05) is 0 Å². The highest BCUT2D eigenvalue weighted by atomic mass is 16.6. The second-order valence-electron chi connectivity index (χ2n) is 6.21. The summed E-state index contributed by atoms with van der Waals surface area (Å²) < 4.78 is 0. The van der Waals surface area contributed by atoms with Crippen LogP contribution >= 0.6 is 0 Å². The van der Waals surface area contributed by atoms with E-state index < -0.39 is 51.5 Å². The molecule has 0 heterocycles. The number of hydrogen-bond donors (Lipinski definition) is 4. The van der Waals surface area contributed by atoms with Crippen LogP contribution in [0.5, 0.6) is 0 Å². The van der Waals surface area contributed by atoms with Crippen LogP contribution in [-0.4, -0.2) is 43.9 Å². The van der Waals surface area contributed by atoms with Crippen molar-refractivity contribution < 1.29 is 34.4 Å². The van der Waals surface area contributed by atoms with Gasteiger partial charge in [-0.25, -0.2) is 4.79 Å². The van der Waals surface area contributed by atoms with E-state index in [4.69, 9.17) is 10.2 Å². The number of rotatable bonds is 10. The Hall–Kier alpha value is -4.55. The maximum absolute atomic E-state index is 12.2. The average Bonchev–Trinajstić information content (AvgIpc) is 2.71. The maximum Gasteiger partial charge on any atom is 0.326 e. The van der Waals surface area contributed by atoms with Gasteiger partial charge >= 0.3 is 11.9 Å². The molecule has 0 fully saturated rings. The van der Waals surface area contributed by atoms with E-state index in [2.05, 4.69) is 10.6 Å². The summed E-state index contributed by atoms with van der Waals surface area (Å²) in [7, 11) is 0. The average molecular weight is 432 g/mol. The van der Waals surface area contributed by atoms with Crippen molar-refractivity contribution in [2.24, 2.45) is 0 Å². The molecule has 1 amide bonds. The number of benzene rings is 2. The quantitative estimate of drug-likeness (QED) is 0.318. The molecule has 0 saturated heterocycles. The molecule has 0 unspecified atom stereocenters. The van der Waals surface area contributed by atoms with Gasteiger partial charge in [-0.05, 0) is 36.8 Å². The van der Waals surface area contributed by atoms with Crippen molar-refractivity contribution in [1.82, 2.24) is 5.32 Å². The molecule has 162 valence electrons. The lowest BCUT2D eigenvalue weighted by Crippen LogP contribution is -2.41. The second-order valence-corrected chi connectivity index (χ2v) is 6.21. The zero-order valence-corrected chi connectivity index (χ0v) is 15.7. The highest BCUT2D eigenvalue weighted by Gasteiger charge is 2.22. The highest BCUT2D eigenvalue weighted by Crippen LogP contribution is 2.31. The van der Waals surface area contributed by atoms with Crippen LogP contribution < -0.4 is 10.6 Å². The summed E-state index contributed by atoms with van der Waals surface area (Å²) in [6.07, 6.45) is -0.728. The van der Waals surface area contributed by atoms with Gasteiger partial charge < -0.3 is 20.8 Å². The van der Waals surface area contributed by atoms with Gasteiger partial charge in [0.2, 0.25) is 0 Å². The summed E-state index contributed by atoms with van der Waals surface area (Å²) in [5.41, 5.74) is -0.564. The Morgan fingerprint density at radius 3 is 2.13 bits per heavy atom. The Morgan fingerprint density at radius 2 is 1.61 bits per heavy atom. The van der Waals surface area contributed by atoms with Gasteiger partial charge in [0.25, 0.3) is 17.3 Å². The molecule has 4 N–H and O–H groups in total. The highest BCUT2D eigenvalue weighted by molar-refractivity contribution is 5.97. The van der Waals surface area contributed by atoms with Crippen LogP contribution in [0.2, 0.25) is 0 Å². The van der Waals surface area contributed by atoms with Crippen molar-refractivity contribution in [2.45, 2.75) is 18.9 Å². The number of non-ortho nitro benzene ring substituents is 1. The Bertz CT molecular complexity index is 1040. The molecule has 0 aliphatic rings. The van der Waals surface area contributed by atoms with Crippen molar-refractivity contribution in [3.8, 4) is 0 Å². The van der Waals surface area contributed by atoms with Crippen LogP contribution in [0, 0.1) is 20.2 Å². The van der Waals surface area contributed by atoms with Crippen molar-refractivity contribution in [1.29, 1.82) is 0 Å². The molecule has 1 atom stereocenters. The van der Waals surface area contributed by atoms with E-state index in [0.29, 0.717) is 5.69 Å². The predicted molar refractivity (Wildman–Crippen MR) is 105 cm³/mol. The molecule has 2 aromatic carbocycles. The van der Waals surface area contributed by atoms with Crippen LogP contribution in [0.15, 0.2) is 42.5 Å². The Kier molecular flexibility index (Phi) is 7.17. The smallest absolute Gasteiger partial charge is 0.326 e. The van der Waals surface area contributed by atoms with E-state index in [1.165, 1.54) is 30.3 Å². The SMILES string of the molecule is O=C(O)CC[C@H](NC(=O)c1ccc(Nc2ccc([N+](=O)[O-])cc2[N+](=O)[O-])cc1)C(=O)O. The molecule has 0 aromatic heterocycles. The lowest BCUT2D eigenvalue weighted by atomic mass is 10.1. The molecular weight excluding hydrogens is 416 g/mol. The molecule has 31 heavy (non-hydrogen) atoms. The molecule has 2 aromatic rings. The predicted octanol–water partition coefficient (Wildman–Crippen LogP) is 2.29. The first-order valence-electron chi connectivity index (χ1n) is 8.64. The molecule has 0 saturated carbocycles. The minimum Gasteiger partial charge on any atom is -0.481 e. The second kappa shape index (κ2) is 9.78. The number of anilines is 2. The molecule has 0 aliphatic carbocycles. The van der Waals surface area contributed by atoms with Gasteiger partial charge in [-0.1, -0.05) is 0 Å². The fraction of sp³-hybridized carbons (Fsp3) is 0.167. The molecule has 0 radical (unpaired) electrons. The van der Waals surface area contributed by atoms with E-state index in [1.54, 1.807) is 0 Å². The Labute approximate surface area is 173 Å². The number of nitrogens with one attached hydrogen (secondary N) is 2. The normalized spacial score (nSPS) is 11.2. The molecule has 0 aliphatic heterocycles. The number of carboxylic acid groups (broad SMARTS) is 2. The van der Waals surface area contributed by atoms with Gasteiger partial charge in [-0.3, -0.25) is 29.8 Å². The van der Waals surface area contributed by atoms with Gasteiger partial charge in [-0.15, -0.1) is 0 Å². The molecule has 13 heteroatoms. The van der Waals surface area contributed by atoms with Crippen molar-refractivity contribution in [3.63, 3.8) is 0 Å². The fourth-order valence-electron chi connectivity index (χ4n) is 2.52. The van der Waals surface area contributed by atoms with Crippen molar-refractivity contribution in [2.75, 3.05) is 5.32 Å². The van der Waals surface area contributed by atoms with Crippen molar-refractivity contribution >= 4 is 40.6 Å². The van der Waals surface area contributed by atoms with Gasteiger partial charge in [0, 0.05) is 23.7 Å². The first-order chi connectivity index (χ1) is 14.6. The number of hydrogen-bond acceptors (Lipinski definition) is 8. The third kappa shape index (κ3) is 6.22. The van der Waals surface area contributed by atoms with E-state index in [0.717, 1.165) is 12.1 Å². The lowest BCUT2D eigenvalue weighted by molar-refractivity contribution is -0.393. The minimum absolute atomic E-state index is 0.00702. The summed E-state index contributed by atoms with van der Waals surface area (Å²) in [5, 5.41) is 44.7. The summed E-state index contributed by atoms with van der Waals surface area (Å²) >= 11 is 0. The van der Waals surface area contributed by atoms with Crippen LogP contribution in [0.25, 0.3) is 0 Å². The van der Waals surface area contributed by atoms with Crippen LogP contribution in [-0.2, 0) is 9.59 Å². The first kappa shape index (κ1) is 22.7. The molecular formula is C18H16N4O9. The molecule has 0 spiro atoms. The number of carbonyl (C=O) groups excluding carboxylic acids is 1. The third-order valence-corrected chi connectivity index (χ3v) is 4.07. The standard InChI is InChI=1S/C18H16N4O9/c23-16(24)8-7-14(18(26)27)20-17(25)10-1-3-11(4-2-10)19-13-6-5-12(21(28)29)9-15(13)22(30)31/h1-6,9,14,19H,7-8H2,(H,20,25)(H,23,24)(H,26,27)/t14-/m0/s1. The number of carboxylic acids is 2. The third-order valence-electron chi connectivity index (χ3n) is 4.07. The Balaban J connectivity index is 2.14. The van der Waals surface area contributed by atoms with Crippen LogP contribution in [0.3, 0.4) is 0 Å². The largest absolute Gasteiger partial charge is 0.481 e. The molecule has 13 nitrogen and oxygen atoms in total. The Morgan fingerprint density at radius 1 is 0.968 bits per heavy atom. The minimum atomic E-state index is -1.39. The number of nitrogens with zero attached hydrogens (tertiary/aromatic N) is 2. The maximum atomic E-state index is 12.2. The van der Waals surface area contributed by atoms with E-state index in [9.17, 15) is 34.6 Å². The van der Waals surface area contributed by atoms with Gasteiger partial charge in [0.1, 0.15) is 11.7 Å². The topological polar surface area (TPSA) is 202 Å². The summed E-state index contributed by atoms with van der Waals surface area (Å²) in [5.74, 6) is -3.32. The first-order valence-corrected chi connectivity index (χ1v) is 8.64. The number of amides is 1. The van der Waals surface area contributed by atoms with E-state index >= 15 is 0 Å². The number of carbonyl (C=O) groups is 3. The number of nitro groups is 2. The number of aliphatic carboxylic acids is 2. The van der Waals surface area contributed by atoms with Gasteiger partial charge in [0.05, 0.1) is 15.9 Å². The van der Waals surface area contributed by atoms with Gasteiger partial charge in [0.15, 0.2) is 0 Å². The van der Waals surface area contributed by atoms with Gasteiger partial charge in [-0.2, -0.15) is 0 Å². The van der Waals surface area contributed by atoms with Crippen LogP contribution in [0.1, 0.15) is 23.2 Å². The zero-order valence-electron chi connectivity index (χ0n) is 15.7. The monoisotopic (exact) mass is 432 g/mol. The fourth-order valence-corrected chi connectivity index (χ4v) is 2.52. The van der Waals surface area contributed by atoms with Crippen LogP contribution in [0.4, 0.5) is 22.7 Å². The number of nitro benzene ring substituents is 2. The summed E-state index contributed by atoms with van der Waals surface area (Å²) in [6.45, 7) is 0. The molecule has 2 rings (SSSR count). The zero-order chi connectivity index (χ0) is 23.1. The summed E-state index contributed by atoms with van der Waals surface area (Å²) in [6, 6.07) is 7.14. The molecule has 0 bridgehead atoms. The summed E-state index contributed by atoms with van der Waals surface area (Å²) in [4.78, 5) is 54.4. The van der Waals surface area contributed by atoms with Crippen molar-refractivity contribution in [3.05, 3.63) is 68.3 Å².